The number of methoxy groups -OCH3 is 1. The summed E-state index contributed by atoms with van der Waals surface area (Å²) in [6.45, 7) is 1.92. The minimum Gasteiger partial charge on any atom is -0.507 e. The molecule has 0 aliphatic heterocycles. The van der Waals surface area contributed by atoms with Gasteiger partial charge in [-0.05, 0) is 60.0 Å². The fraction of sp³-hybridized carbons (Fsp3) is 0.0952. The van der Waals surface area contributed by atoms with Crippen LogP contribution in [-0.2, 0) is 10.9 Å². The van der Waals surface area contributed by atoms with Crippen molar-refractivity contribution >= 4 is 28.2 Å². The third-order valence-electron chi connectivity index (χ3n) is 4.44. The molecule has 3 aromatic carbocycles. The van der Waals surface area contributed by atoms with Crippen LogP contribution in [-0.4, -0.2) is 31.7 Å². The van der Waals surface area contributed by atoms with Gasteiger partial charge in [-0.1, -0.05) is 18.2 Å². The van der Waals surface area contributed by atoms with Crippen molar-refractivity contribution in [2.45, 2.75) is 6.92 Å². The molecule has 0 unspecified atom stereocenters. The Labute approximate surface area is 169 Å². The average molecular weight is 413 g/mol. The number of carboxylic acids is 1. The highest BCUT2D eigenvalue weighted by Crippen LogP contribution is 2.33. The first-order valence-corrected chi connectivity index (χ1v) is 9.70. The Morgan fingerprint density at radius 3 is 2.24 bits per heavy atom. The first kappa shape index (κ1) is 20.2. The molecule has 0 fully saturated rings. The van der Waals surface area contributed by atoms with Gasteiger partial charge in [-0.15, -0.1) is 0 Å². The summed E-state index contributed by atoms with van der Waals surface area (Å²) in [6.07, 6.45) is 0. The second-order valence-electron chi connectivity index (χ2n) is 6.29. The van der Waals surface area contributed by atoms with E-state index in [4.69, 9.17) is 9.84 Å². The average Bonchev–Trinajstić information content (AvgIpc) is 2.68. The van der Waals surface area contributed by atoms with E-state index in [2.05, 4.69) is 0 Å². The Kier molecular flexibility index (Phi) is 5.74. The normalized spacial score (nSPS) is 10.7. The summed E-state index contributed by atoms with van der Waals surface area (Å²) in [5, 5.41) is 19.0. The summed E-state index contributed by atoms with van der Waals surface area (Å²) in [7, 11) is -1.50. The molecule has 0 atom stereocenters. The van der Waals surface area contributed by atoms with Crippen LogP contribution in [0, 0.1) is 6.92 Å². The zero-order valence-electron chi connectivity index (χ0n) is 15.7. The number of thiol groups is 1. The molecule has 0 amide bonds. The predicted octanol–water partition coefficient (Wildman–Crippen LogP) is 3.74. The van der Waals surface area contributed by atoms with E-state index in [-0.39, 0.29) is 11.3 Å². The maximum Gasteiger partial charge on any atom is 0.339 e. The predicted molar refractivity (Wildman–Crippen MR) is 111 cm³/mol. The first-order chi connectivity index (χ1) is 13.8. The molecule has 150 valence electrons. The lowest BCUT2D eigenvalue weighted by Gasteiger charge is -2.19. The van der Waals surface area contributed by atoms with Gasteiger partial charge in [-0.25, -0.2) is 17.5 Å². The lowest BCUT2D eigenvalue weighted by Crippen LogP contribution is -2.14. The van der Waals surface area contributed by atoms with Crippen molar-refractivity contribution in [2.75, 3.05) is 11.4 Å². The SMILES string of the molecule is COc1ccc(-c2cccc(N(c3ccc(C(=O)O)c(O)c3)[SH](=O)=O)c2)cc1C. The van der Waals surface area contributed by atoms with Crippen molar-refractivity contribution in [3.05, 3.63) is 71.8 Å². The van der Waals surface area contributed by atoms with E-state index in [1.807, 2.05) is 31.2 Å². The topological polar surface area (TPSA) is 104 Å². The van der Waals surface area contributed by atoms with E-state index >= 15 is 0 Å². The highest BCUT2D eigenvalue weighted by Gasteiger charge is 2.17. The van der Waals surface area contributed by atoms with Crippen LogP contribution < -0.4 is 9.04 Å². The van der Waals surface area contributed by atoms with Gasteiger partial charge in [0, 0.05) is 6.07 Å². The van der Waals surface area contributed by atoms with Gasteiger partial charge in [0.15, 0.2) is 0 Å². The van der Waals surface area contributed by atoms with Gasteiger partial charge >= 0.3 is 5.97 Å². The number of anilines is 2. The smallest absolute Gasteiger partial charge is 0.339 e. The van der Waals surface area contributed by atoms with E-state index in [1.165, 1.54) is 6.07 Å². The highest BCUT2D eigenvalue weighted by molar-refractivity contribution is 7.74. The van der Waals surface area contributed by atoms with Gasteiger partial charge in [0.25, 0.3) is 0 Å². The maximum absolute atomic E-state index is 12.0. The van der Waals surface area contributed by atoms with E-state index in [0.717, 1.165) is 38.9 Å². The number of carbonyl (C=O) groups is 1. The molecule has 0 aliphatic rings. The number of ether oxygens (including phenoxy) is 1. The third-order valence-corrected chi connectivity index (χ3v) is 5.23. The molecule has 3 aromatic rings. The van der Waals surface area contributed by atoms with Crippen LogP contribution in [0.2, 0.25) is 0 Å². The van der Waals surface area contributed by atoms with E-state index in [0.29, 0.717) is 5.69 Å². The Bertz CT molecular complexity index is 1150. The van der Waals surface area contributed by atoms with Gasteiger partial charge in [-0.3, -0.25) is 0 Å². The Balaban J connectivity index is 2.06. The number of benzene rings is 3. The number of aromatic carboxylic acids is 1. The third kappa shape index (κ3) is 4.17. The molecular formula is C21H19NO6S. The van der Waals surface area contributed by atoms with Crippen LogP contribution in [0.1, 0.15) is 15.9 Å². The zero-order chi connectivity index (χ0) is 21.1. The summed E-state index contributed by atoms with van der Waals surface area (Å²) in [5.74, 6) is -1.06. The summed E-state index contributed by atoms with van der Waals surface area (Å²) >= 11 is 0. The Morgan fingerprint density at radius 2 is 1.66 bits per heavy atom. The van der Waals surface area contributed by atoms with Crippen LogP contribution >= 0.6 is 0 Å². The molecule has 29 heavy (non-hydrogen) atoms. The number of nitrogens with zero attached hydrogens (tertiary/aromatic N) is 1. The van der Waals surface area contributed by atoms with Crippen molar-refractivity contribution in [2.24, 2.45) is 0 Å². The van der Waals surface area contributed by atoms with Gasteiger partial charge in [0.1, 0.15) is 17.1 Å². The maximum atomic E-state index is 12.0. The number of phenols is 1. The van der Waals surface area contributed by atoms with Crippen LogP contribution in [0.15, 0.2) is 60.7 Å². The van der Waals surface area contributed by atoms with Gasteiger partial charge in [0.2, 0.25) is 10.9 Å². The van der Waals surface area contributed by atoms with Crippen molar-refractivity contribution in [3.63, 3.8) is 0 Å². The molecule has 8 heteroatoms. The molecule has 0 saturated heterocycles. The molecule has 3 rings (SSSR count). The summed E-state index contributed by atoms with van der Waals surface area (Å²) in [6, 6.07) is 16.2. The lowest BCUT2D eigenvalue weighted by atomic mass is 10.0. The molecule has 0 bridgehead atoms. The Hall–Kier alpha value is -3.52. The zero-order valence-corrected chi connectivity index (χ0v) is 16.6. The minimum absolute atomic E-state index is 0.131. The number of hydrogen-bond acceptors (Lipinski definition) is 5. The number of hydrogen-bond donors (Lipinski definition) is 3. The minimum atomic E-state index is -3.09. The standard InChI is InChI=1S/C21H19NO6S/c1-13-10-15(6-9-20(13)28-2)14-4-3-5-16(11-14)22(29(26)27)17-7-8-18(21(24)25)19(23)12-17/h3-12,23,29H,1-2H3,(H,24,25). The van der Waals surface area contributed by atoms with Crippen LogP contribution in [0.3, 0.4) is 0 Å². The lowest BCUT2D eigenvalue weighted by molar-refractivity contribution is 0.0694. The van der Waals surface area contributed by atoms with Crippen molar-refractivity contribution in [3.8, 4) is 22.6 Å². The monoisotopic (exact) mass is 413 g/mol. The summed E-state index contributed by atoms with van der Waals surface area (Å²) < 4.78 is 30.2. The van der Waals surface area contributed by atoms with Crippen molar-refractivity contribution in [1.29, 1.82) is 0 Å². The molecule has 0 heterocycles. The van der Waals surface area contributed by atoms with E-state index in [9.17, 15) is 18.3 Å². The van der Waals surface area contributed by atoms with E-state index in [1.54, 1.807) is 25.3 Å². The number of rotatable bonds is 6. The second kappa shape index (κ2) is 8.24. The van der Waals surface area contributed by atoms with Crippen LogP contribution in [0.25, 0.3) is 11.1 Å². The molecule has 0 radical (unpaired) electrons. The Morgan fingerprint density at radius 1 is 0.966 bits per heavy atom. The molecule has 7 nitrogen and oxygen atoms in total. The summed E-state index contributed by atoms with van der Waals surface area (Å²) in [5.41, 5.74) is 2.80. The number of aryl methyl sites for hydroxylation is 1. The largest absolute Gasteiger partial charge is 0.507 e. The van der Waals surface area contributed by atoms with Crippen molar-refractivity contribution in [1.82, 2.24) is 0 Å². The molecule has 0 aromatic heterocycles. The van der Waals surface area contributed by atoms with Gasteiger partial charge in [-0.2, -0.15) is 0 Å². The second-order valence-corrected chi connectivity index (χ2v) is 7.17. The first-order valence-electron chi connectivity index (χ1n) is 8.57. The summed E-state index contributed by atoms with van der Waals surface area (Å²) in [4.78, 5) is 11.1. The van der Waals surface area contributed by atoms with Crippen LogP contribution in [0.4, 0.5) is 11.4 Å². The number of carboxylic acid groups (broad SMARTS) is 1. The molecule has 0 aliphatic carbocycles. The van der Waals surface area contributed by atoms with Crippen molar-refractivity contribution < 1.29 is 28.2 Å². The molecule has 0 saturated carbocycles. The fourth-order valence-corrected chi connectivity index (χ4v) is 3.67. The fourth-order valence-electron chi connectivity index (χ4n) is 3.05. The molecule has 2 N–H and O–H groups in total. The van der Waals surface area contributed by atoms with Gasteiger partial charge < -0.3 is 14.9 Å². The molecule has 0 spiro atoms. The van der Waals surface area contributed by atoms with Crippen LogP contribution in [0.5, 0.6) is 11.5 Å². The quantitative estimate of drug-likeness (QED) is 0.532. The number of aromatic hydroxyl groups is 1. The highest BCUT2D eigenvalue weighted by atomic mass is 32.2. The molecular weight excluding hydrogens is 394 g/mol. The van der Waals surface area contributed by atoms with E-state index < -0.39 is 22.6 Å². The van der Waals surface area contributed by atoms with Gasteiger partial charge in [0.05, 0.1) is 18.5 Å².